The largest absolute Gasteiger partial charge is 0.494 e. The van der Waals surface area contributed by atoms with Gasteiger partial charge in [0.25, 0.3) is 0 Å². The summed E-state index contributed by atoms with van der Waals surface area (Å²) >= 11 is 0. The van der Waals surface area contributed by atoms with E-state index in [1.54, 1.807) is 7.11 Å². The Morgan fingerprint density at radius 1 is 0.913 bits per heavy atom. The molecule has 0 saturated carbocycles. The molecule has 3 rings (SSSR count). The first-order chi connectivity index (χ1) is 11.0. The highest BCUT2D eigenvalue weighted by Gasteiger charge is 2.35. The van der Waals surface area contributed by atoms with E-state index in [1.807, 2.05) is 12.1 Å². The van der Waals surface area contributed by atoms with Crippen LogP contribution in [-0.2, 0) is 4.74 Å². The van der Waals surface area contributed by atoms with Crippen LogP contribution in [0, 0.1) is 5.41 Å². The van der Waals surface area contributed by atoms with Gasteiger partial charge in [-0.25, -0.2) is 0 Å². The molecule has 0 N–H and O–H groups in total. The lowest BCUT2D eigenvalue weighted by atomic mass is 9.71. The minimum atomic E-state index is 0.0711. The number of fused-ring (bicyclic) bond motifs is 2. The Morgan fingerprint density at radius 3 is 1.96 bits per heavy atom. The van der Waals surface area contributed by atoms with Crippen LogP contribution >= 0.6 is 0 Å². The van der Waals surface area contributed by atoms with Crippen LogP contribution in [0.15, 0.2) is 53.5 Å². The van der Waals surface area contributed by atoms with E-state index >= 15 is 0 Å². The Balaban J connectivity index is 2.46. The molecule has 0 radical (unpaired) electrons. The highest BCUT2D eigenvalue weighted by Crippen LogP contribution is 2.49. The number of nitrogens with zero attached hydrogens (tertiary/aromatic N) is 1. The van der Waals surface area contributed by atoms with Gasteiger partial charge in [0.05, 0.1) is 7.11 Å². The lowest BCUT2D eigenvalue weighted by Crippen LogP contribution is -2.21. The number of rotatable bonds is 2. The maximum atomic E-state index is 5.76. The van der Waals surface area contributed by atoms with E-state index in [4.69, 9.17) is 4.74 Å². The molecule has 2 heteroatoms. The second-order valence-corrected chi connectivity index (χ2v) is 7.01. The van der Waals surface area contributed by atoms with Crippen molar-refractivity contribution in [1.82, 2.24) is 0 Å². The quantitative estimate of drug-likeness (QED) is 0.685. The summed E-state index contributed by atoms with van der Waals surface area (Å²) in [6, 6.07) is 16.9. The smallest absolute Gasteiger partial charge is 0.152 e. The molecule has 0 bridgehead atoms. The minimum Gasteiger partial charge on any atom is -0.494 e. The van der Waals surface area contributed by atoms with Gasteiger partial charge < -0.3 is 4.74 Å². The van der Waals surface area contributed by atoms with Gasteiger partial charge in [-0.05, 0) is 23.3 Å². The summed E-state index contributed by atoms with van der Waals surface area (Å²) in [7, 11) is 1.71. The fourth-order valence-corrected chi connectivity index (χ4v) is 3.63. The van der Waals surface area contributed by atoms with Crippen LogP contribution in [0.1, 0.15) is 48.9 Å². The molecule has 1 unspecified atom stereocenters. The standard InChI is InChI=1S/C21H23NO/c1-21(2,3)18-14-10-6-8-12-16(14)19(22-4)20(23-5)17-13-9-7-11-15(17)18/h6-13,18H,4H2,1-3,5H3. The Hall–Kier alpha value is -2.35. The van der Waals surface area contributed by atoms with Gasteiger partial charge in [0.1, 0.15) is 5.70 Å². The number of benzene rings is 2. The van der Waals surface area contributed by atoms with Gasteiger partial charge >= 0.3 is 0 Å². The molecule has 1 aliphatic rings. The van der Waals surface area contributed by atoms with Crippen LogP contribution in [0.4, 0.5) is 0 Å². The van der Waals surface area contributed by atoms with E-state index in [0.717, 1.165) is 22.6 Å². The first kappa shape index (κ1) is 15.5. The Morgan fingerprint density at radius 2 is 1.43 bits per heavy atom. The first-order valence-electron chi connectivity index (χ1n) is 7.92. The van der Waals surface area contributed by atoms with Crippen molar-refractivity contribution < 1.29 is 4.74 Å². The van der Waals surface area contributed by atoms with Gasteiger partial charge in [-0.3, -0.25) is 4.99 Å². The van der Waals surface area contributed by atoms with Crippen molar-refractivity contribution in [2.24, 2.45) is 10.4 Å². The summed E-state index contributed by atoms with van der Waals surface area (Å²) in [5, 5.41) is 0. The zero-order valence-corrected chi connectivity index (χ0v) is 14.3. The van der Waals surface area contributed by atoms with E-state index < -0.39 is 0 Å². The highest BCUT2D eigenvalue weighted by atomic mass is 16.5. The van der Waals surface area contributed by atoms with Crippen molar-refractivity contribution in [3.8, 4) is 0 Å². The molecule has 0 aromatic heterocycles. The number of ether oxygens (including phenoxy) is 1. The van der Waals surface area contributed by atoms with Gasteiger partial charge in [0.2, 0.25) is 0 Å². The summed E-state index contributed by atoms with van der Waals surface area (Å²) < 4.78 is 5.76. The van der Waals surface area contributed by atoms with Crippen molar-refractivity contribution >= 4 is 18.2 Å². The van der Waals surface area contributed by atoms with Crippen molar-refractivity contribution in [1.29, 1.82) is 0 Å². The molecule has 23 heavy (non-hydrogen) atoms. The fraction of sp³-hybridized carbons (Fsp3) is 0.286. The van der Waals surface area contributed by atoms with E-state index in [1.165, 1.54) is 11.1 Å². The first-order valence-corrected chi connectivity index (χ1v) is 7.92. The lowest BCUT2D eigenvalue weighted by molar-refractivity contribution is 0.353. The number of hydrogen-bond acceptors (Lipinski definition) is 2. The van der Waals surface area contributed by atoms with Crippen LogP contribution in [0.3, 0.4) is 0 Å². The molecular weight excluding hydrogens is 282 g/mol. The van der Waals surface area contributed by atoms with E-state index in [-0.39, 0.29) is 11.3 Å². The molecule has 2 aromatic rings. The fourth-order valence-electron chi connectivity index (χ4n) is 3.63. The molecule has 0 fully saturated rings. The van der Waals surface area contributed by atoms with E-state index in [0.29, 0.717) is 0 Å². The number of aliphatic imine (C=N–C) groups is 1. The van der Waals surface area contributed by atoms with Gasteiger partial charge in [-0.15, -0.1) is 0 Å². The molecule has 0 aliphatic heterocycles. The molecular formula is C21H23NO. The van der Waals surface area contributed by atoms with Crippen molar-refractivity contribution in [2.75, 3.05) is 7.11 Å². The summed E-state index contributed by atoms with van der Waals surface area (Å²) in [6.45, 7) is 10.6. The normalized spacial score (nSPS) is 17.1. The predicted octanol–water partition coefficient (Wildman–Crippen LogP) is 5.35. The van der Waals surface area contributed by atoms with Gasteiger partial charge in [-0.1, -0.05) is 69.3 Å². The molecule has 0 spiro atoms. The van der Waals surface area contributed by atoms with Crippen LogP contribution in [0.25, 0.3) is 11.5 Å². The zero-order chi connectivity index (χ0) is 16.6. The van der Waals surface area contributed by atoms with Crippen molar-refractivity contribution in [3.63, 3.8) is 0 Å². The van der Waals surface area contributed by atoms with Crippen molar-refractivity contribution in [3.05, 3.63) is 70.8 Å². The summed E-state index contributed by atoms with van der Waals surface area (Å²) in [4.78, 5) is 4.32. The third kappa shape index (κ3) is 2.48. The number of hydrogen-bond donors (Lipinski definition) is 0. The van der Waals surface area contributed by atoms with E-state index in [9.17, 15) is 0 Å². The summed E-state index contributed by atoms with van der Waals surface area (Å²) in [5.41, 5.74) is 5.66. The predicted molar refractivity (Wildman–Crippen MR) is 97.6 cm³/mol. The monoisotopic (exact) mass is 305 g/mol. The van der Waals surface area contributed by atoms with Crippen LogP contribution in [-0.4, -0.2) is 13.8 Å². The maximum Gasteiger partial charge on any atom is 0.152 e. The van der Waals surface area contributed by atoms with Crippen LogP contribution in [0.2, 0.25) is 0 Å². The Kier molecular flexibility index (Phi) is 3.85. The summed E-state index contributed by atoms with van der Waals surface area (Å²) in [5.74, 6) is 1.06. The molecule has 0 saturated heterocycles. The second-order valence-electron chi connectivity index (χ2n) is 7.01. The third-order valence-corrected chi connectivity index (χ3v) is 4.49. The Labute approximate surface area is 138 Å². The molecule has 0 amide bonds. The molecule has 118 valence electrons. The van der Waals surface area contributed by atoms with Crippen LogP contribution < -0.4 is 0 Å². The SMILES string of the molecule is C=NC1=C(OC)c2ccccc2C(C(C)(C)C)c2ccccc21. The maximum absolute atomic E-state index is 5.76. The summed E-state index contributed by atoms with van der Waals surface area (Å²) in [6.07, 6.45) is 0. The molecule has 2 nitrogen and oxygen atoms in total. The highest BCUT2D eigenvalue weighted by molar-refractivity contribution is 5.92. The third-order valence-electron chi connectivity index (χ3n) is 4.49. The van der Waals surface area contributed by atoms with Crippen molar-refractivity contribution in [2.45, 2.75) is 26.7 Å². The van der Waals surface area contributed by atoms with Gasteiger partial charge in [0, 0.05) is 17.0 Å². The molecule has 1 aliphatic carbocycles. The molecule has 0 heterocycles. The zero-order valence-electron chi connectivity index (χ0n) is 14.3. The molecule has 2 aromatic carbocycles. The number of methoxy groups -OCH3 is 1. The van der Waals surface area contributed by atoms with Crippen LogP contribution in [0.5, 0.6) is 0 Å². The van der Waals surface area contributed by atoms with Gasteiger partial charge in [-0.2, -0.15) is 0 Å². The second kappa shape index (κ2) is 5.69. The van der Waals surface area contributed by atoms with E-state index in [2.05, 4.69) is 68.9 Å². The minimum absolute atomic E-state index is 0.0711. The Bertz CT molecular complexity index is 780. The lowest BCUT2D eigenvalue weighted by Gasteiger charge is -2.33. The molecule has 1 atom stereocenters. The average Bonchev–Trinajstić information content (AvgIpc) is 2.65. The average molecular weight is 305 g/mol. The topological polar surface area (TPSA) is 21.6 Å². The van der Waals surface area contributed by atoms with Gasteiger partial charge in [0.15, 0.2) is 5.76 Å².